The van der Waals surface area contributed by atoms with Gasteiger partial charge in [0.15, 0.2) is 0 Å². The minimum Gasteiger partial charge on any atom is -0.346 e. The zero-order valence-electron chi connectivity index (χ0n) is 16.0. The Kier molecular flexibility index (Phi) is 6.95. The summed E-state index contributed by atoms with van der Waals surface area (Å²) in [7, 11) is 0. The number of aromatic nitrogens is 1. The Morgan fingerprint density at radius 2 is 2.10 bits per heavy atom. The quantitative estimate of drug-likeness (QED) is 0.299. The van der Waals surface area contributed by atoms with Crippen molar-refractivity contribution in [1.82, 2.24) is 9.71 Å². The molecule has 0 fully saturated rings. The third kappa shape index (κ3) is 4.99. The Labute approximate surface area is 172 Å². The number of carbonyl (C=O) groups is 1. The predicted octanol–water partition coefficient (Wildman–Crippen LogP) is 3.87. The Balaban J connectivity index is 1.87. The zero-order chi connectivity index (χ0) is 20.8. The zero-order valence-corrected chi connectivity index (χ0v) is 16.8. The van der Waals surface area contributed by atoms with E-state index in [0.29, 0.717) is 23.7 Å². The van der Waals surface area contributed by atoms with E-state index in [0.717, 1.165) is 16.5 Å². The minimum atomic E-state index is -0.965. The van der Waals surface area contributed by atoms with E-state index in [2.05, 4.69) is 21.3 Å². The number of H-pyrrole nitrogens is 1. The van der Waals surface area contributed by atoms with Crippen LogP contribution in [0.4, 0.5) is 8.78 Å². The lowest BCUT2D eigenvalue weighted by Crippen LogP contribution is -2.30. The molecule has 2 heterocycles. The van der Waals surface area contributed by atoms with Gasteiger partial charge in [-0.05, 0) is 43.5 Å². The lowest BCUT2D eigenvalue weighted by Gasteiger charge is -2.08. The van der Waals surface area contributed by atoms with Crippen LogP contribution in [0.5, 0.6) is 0 Å². The Morgan fingerprint density at radius 1 is 1.34 bits per heavy atom. The molecule has 150 valence electrons. The molecule has 3 rings (SSSR count). The summed E-state index contributed by atoms with van der Waals surface area (Å²) in [5.41, 5.74) is 1.26. The van der Waals surface area contributed by atoms with Crippen LogP contribution in [0.3, 0.4) is 0 Å². The monoisotopic (exact) mass is 413 g/mol. The number of aryl methyl sites for hydroxylation is 1. The van der Waals surface area contributed by atoms with Crippen LogP contribution < -0.4 is 15.4 Å². The van der Waals surface area contributed by atoms with Crippen LogP contribution >= 0.6 is 11.9 Å². The molecule has 1 aliphatic rings. The van der Waals surface area contributed by atoms with Crippen molar-refractivity contribution in [2.24, 2.45) is 4.99 Å². The van der Waals surface area contributed by atoms with Crippen molar-refractivity contribution in [2.45, 2.75) is 18.2 Å². The van der Waals surface area contributed by atoms with Gasteiger partial charge in [-0.15, -0.1) is 0 Å². The number of nitrogens with zero attached hydrogens (tertiary/aromatic N) is 1. The molecule has 0 amide bonds. The van der Waals surface area contributed by atoms with Gasteiger partial charge in [0.25, 0.3) is 0 Å². The summed E-state index contributed by atoms with van der Waals surface area (Å²) in [4.78, 5) is 21.0. The van der Waals surface area contributed by atoms with Crippen molar-refractivity contribution < 1.29 is 13.6 Å². The van der Waals surface area contributed by atoms with Crippen LogP contribution in [0.1, 0.15) is 22.3 Å². The second-order valence-electron chi connectivity index (χ2n) is 6.43. The van der Waals surface area contributed by atoms with Gasteiger partial charge in [0.05, 0.1) is 12.1 Å². The van der Waals surface area contributed by atoms with Gasteiger partial charge in [0.2, 0.25) is 5.78 Å². The number of Topliss-reactive ketones (excluding diaryl/α,β-unsaturated/α-hetero) is 1. The number of allylic oxidation sites excluding steroid dienone is 4. The summed E-state index contributed by atoms with van der Waals surface area (Å²) in [5, 5.41) is 0.583. The first-order chi connectivity index (χ1) is 14.0. The number of rotatable bonds is 8. The summed E-state index contributed by atoms with van der Waals surface area (Å²) < 4.78 is 32.3. The summed E-state index contributed by atoms with van der Waals surface area (Å²) >= 11 is 1.21. The van der Waals surface area contributed by atoms with Crippen molar-refractivity contribution in [3.63, 3.8) is 0 Å². The molecular weight excluding hydrogens is 392 g/mol. The average Bonchev–Trinajstić information content (AvgIpc) is 3.14. The van der Waals surface area contributed by atoms with E-state index in [1.165, 1.54) is 24.2 Å². The van der Waals surface area contributed by atoms with Crippen LogP contribution in [-0.4, -0.2) is 23.9 Å². The molecule has 29 heavy (non-hydrogen) atoms. The van der Waals surface area contributed by atoms with Crippen molar-refractivity contribution in [2.75, 3.05) is 13.1 Å². The lowest BCUT2D eigenvalue weighted by atomic mass is 10.0. The summed E-state index contributed by atoms with van der Waals surface area (Å²) in [6, 6.07) is 7.66. The van der Waals surface area contributed by atoms with Gasteiger partial charge >= 0.3 is 0 Å². The average molecular weight is 413 g/mol. The maximum Gasteiger partial charge on any atom is 0.200 e. The van der Waals surface area contributed by atoms with Crippen LogP contribution in [0.2, 0.25) is 0 Å². The molecule has 1 aromatic carbocycles. The van der Waals surface area contributed by atoms with Gasteiger partial charge in [-0.3, -0.25) is 14.5 Å². The molecule has 0 bridgehead atoms. The van der Waals surface area contributed by atoms with E-state index in [1.807, 2.05) is 37.3 Å². The highest BCUT2D eigenvalue weighted by Crippen LogP contribution is 2.23. The number of hydrogen-bond acceptors (Lipinski definition) is 4. The molecule has 2 aromatic rings. The molecule has 1 aliphatic heterocycles. The molecule has 7 heteroatoms. The number of halogens is 2. The number of hydrogen-bond donors (Lipinski definition) is 2. The molecular formula is C22H21F2N3OS. The molecule has 0 saturated carbocycles. The first-order valence-electron chi connectivity index (χ1n) is 9.11. The van der Waals surface area contributed by atoms with Crippen LogP contribution in [0.25, 0.3) is 6.08 Å². The topological polar surface area (TPSA) is 57.2 Å². The summed E-state index contributed by atoms with van der Waals surface area (Å²) in [6.07, 6.45) is 6.13. The highest BCUT2D eigenvalue weighted by atomic mass is 32.2. The van der Waals surface area contributed by atoms with Crippen LogP contribution in [0.15, 0.2) is 76.3 Å². The standard InChI is InChI=1S/C22H21F2N3OS/c1-3-5-18(23)20(19(24)13-27-29-15-9-7-14(2)8-10-15)21(28)17-12-26-22-16(17)6-4-11-25-22/h3,5-10,12,27H,1,4,11,13H2,2H3,(H,25,26)/b18-5+,20-19-. The summed E-state index contributed by atoms with van der Waals surface area (Å²) in [5.74, 6) is -2.58. The normalized spacial score (nSPS) is 14.4. The highest BCUT2D eigenvalue weighted by molar-refractivity contribution is 7.97. The fraction of sp³-hybridized carbons (Fsp3) is 0.182. The predicted molar refractivity (Wildman–Crippen MR) is 112 cm³/mol. The summed E-state index contributed by atoms with van der Waals surface area (Å²) in [6.45, 7) is 5.70. The third-order valence-corrected chi connectivity index (χ3v) is 5.13. The molecule has 4 nitrogen and oxygen atoms in total. The van der Waals surface area contributed by atoms with Crippen molar-refractivity contribution in [3.05, 3.63) is 88.3 Å². The Hall–Kier alpha value is -2.77. The first kappa shape index (κ1) is 21.0. The molecule has 0 aliphatic carbocycles. The fourth-order valence-electron chi connectivity index (χ4n) is 2.89. The Morgan fingerprint density at radius 3 is 2.83 bits per heavy atom. The maximum atomic E-state index is 14.9. The van der Waals surface area contributed by atoms with Gasteiger partial charge in [-0.2, -0.15) is 0 Å². The molecule has 2 N–H and O–H groups in total. The number of fused-ring (bicyclic) bond motifs is 1. The fourth-order valence-corrected chi connectivity index (χ4v) is 3.53. The van der Waals surface area contributed by atoms with E-state index >= 15 is 0 Å². The van der Waals surface area contributed by atoms with Crippen LogP contribution in [-0.2, 0) is 0 Å². The van der Waals surface area contributed by atoms with Crippen molar-refractivity contribution in [1.29, 1.82) is 0 Å². The smallest absolute Gasteiger partial charge is 0.200 e. The molecule has 1 aromatic heterocycles. The minimum absolute atomic E-state index is 0.201. The van der Waals surface area contributed by atoms with Crippen LogP contribution in [0, 0.1) is 6.92 Å². The van der Waals surface area contributed by atoms with E-state index in [-0.39, 0.29) is 12.1 Å². The second-order valence-corrected chi connectivity index (χ2v) is 7.40. The SMILES string of the molecule is C=C/C=C(F)\C(C(=O)c1c[nH]c2c1=CCCN=2)=C(\F)CNSc1ccc(C)cc1. The molecule has 0 saturated heterocycles. The largest absolute Gasteiger partial charge is 0.346 e. The first-order valence-corrected chi connectivity index (χ1v) is 9.93. The molecule has 0 unspecified atom stereocenters. The number of benzene rings is 1. The van der Waals surface area contributed by atoms with E-state index in [1.54, 1.807) is 0 Å². The number of carbonyl (C=O) groups excluding carboxylic acids is 1. The van der Waals surface area contributed by atoms with Gasteiger partial charge in [-0.25, -0.2) is 8.78 Å². The van der Waals surface area contributed by atoms with E-state index in [4.69, 9.17) is 0 Å². The molecule has 0 radical (unpaired) electrons. The van der Waals surface area contributed by atoms with Gasteiger partial charge < -0.3 is 4.98 Å². The van der Waals surface area contributed by atoms with Gasteiger partial charge in [0, 0.05) is 28.4 Å². The van der Waals surface area contributed by atoms with Gasteiger partial charge in [0.1, 0.15) is 17.1 Å². The van der Waals surface area contributed by atoms with E-state index in [9.17, 15) is 13.6 Å². The number of ketones is 1. The highest BCUT2D eigenvalue weighted by Gasteiger charge is 2.24. The third-order valence-electron chi connectivity index (χ3n) is 4.33. The van der Waals surface area contributed by atoms with Crippen molar-refractivity contribution in [3.8, 4) is 0 Å². The lowest BCUT2D eigenvalue weighted by molar-refractivity contribution is 0.103. The maximum absolute atomic E-state index is 14.9. The van der Waals surface area contributed by atoms with Crippen molar-refractivity contribution >= 4 is 23.8 Å². The Bertz CT molecular complexity index is 1100. The number of nitrogens with one attached hydrogen (secondary N) is 2. The number of aromatic amines is 1. The van der Waals surface area contributed by atoms with Gasteiger partial charge in [-0.1, -0.05) is 36.4 Å². The molecule has 0 spiro atoms. The second kappa shape index (κ2) is 9.62. The van der Waals surface area contributed by atoms with E-state index < -0.39 is 23.0 Å². The molecule has 0 atom stereocenters.